The molecule has 0 amide bonds. The number of rotatable bonds is 4. The van der Waals surface area contributed by atoms with E-state index in [0.717, 1.165) is 0 Å². The topological polar surface area (TPSA) is 67.5 Å². The first-order chi connectivity index (χ1) is 7.09. The maximum Gasteiger partial charge on any atom is 0.270 e. The molecule has 0 bridgehead atoms. The quantitative estimate of drug-likeness (QED) is 0.466. The Bertz CT molecular complexity index is 375. The van der Waals surface area contributed by atoms with E-state index >= 15 is 0 Å². The number of nitrogens with zero attached hydrogens (tertiary/aromatic N) is 2. The molecule has 1 rings (SSSR count). The van der Waals surface area contributed by atoms with E-state index in [2.05, 4.69) is 10.5 Å². The van der Waals surface area contributed by atoms with Crippen LogP contribution in [0.5, 0.6) is 0 Å². The second kappa shape index (κ2) is 5.09. The fraction of sp³-hybridized carbons (Fsp3) is 0.300. The van der Waals surface area contributed by atoms with Gasteiger partial charge in [0.1, 0.15) is 0 Å². The molecule has 80 valence electrons. The standard InChI is InChI=1S/C10H13N3O2/c1-8(2)12-11-7-9-4-3-5-10(6-9)13(14)15/h3-8,12H,1-2H3/b11-7-. The molecular weight excluding hydrogens is 194 g/mol. The highest BCUT2D eigenvalue weighted by Gasteiger charge is 2.03. The number of hydrazone groups is 1. The molecule has 0 atom stereocenters. The lowest BCUT2D eigenvalue weighted by Gasteiger charge is -2.01. The van der Waals surface area contributed by atoms with E-state index in [1.165, 1.54) is 12.1 Å². The van der Waals surface area contributed by atoms with Gasteiger partial charge in [-0.25, -0.2) is 0 Å². The van der Waals surface area contributed by atoms with Crippen LogP contribution < -0.4 is 5.43 Å². The first-order valence-corrected chi connectivity index (χ1v) is 4.62. The molecule has 1 N–H and O–H groups in total. The van der Waals surface area contributed by atoms with Crippen LogP contribution >= 0.6 is 0 Å². The van der Waals surface area contributed by atoms with Crippen molar-refractivity contribution in [3.8, 4) is 0 Å². The van der Waals surface area contributed by atoms with Crippen LogP contribution in [-0.2, 0) is 0 Å². The van der Waals surface area contributed by atoms with Crippen molar-refractivity contribution in [2.75, 3.05) is 0 Å². The summed E-state index contributed by atoms with van der Waals surface area (Å²) in [5, 5.41) is 14.4. The normalized spacial score (nSPS) is 10.9. The summed E-state index contributed by atoms with van der Waals surface area (Å²) in [6.07, 6.45) is 1.56. The fourth-order valence-corrected chi connectivity index (χ4v) is 0.980. The van der Waals surface area contributed by atoms with Crippen LogP contribution in [0, 0.1) is 10.1 Å². The van der Waals surface area contributed by atoms with E-state index in [4.69, 9.17) is 0 Å². The lowest BCUT2D eigenvalue weighted by Crippen LogP contribution is -2.15. The zero-order valence-corrected chi connectivity index (χ0v) is 8.68. The second-order valence-corrected chi connectivity index (χ2v) is 3.39. The predicted molar refractivity (Wildman–Crippen MR) is 59.0 cm³/mol. The average molecular weight is 207 g/mol. The molecule has 0 aliphatic rings. The van der Waals surface area contributed by atoms with Gasteiger partial charge in [-0.2, -0.15) is 5.10 Å². The van der Waals surface area contributed by atoms with Crippen molar-refractivity contribution in [1.82, 2.24) is 5.43 Å². The first kappa shape index (κ1) is 11.2. The summed E-state index contributed by atoms with van der Waals surface area (Å²) in [7, 11) is 0. The number of hydrogen-bond acceptors (Lipinski definition) is 4. The Hall–Kier alpha value is -1.91. The zero-order chi connectivity index (χ0) is 11.3. The van der Waals surface area contributed by atoms with Crippen LogP contribution in [0.1, 0.15) is 19.4 Å². The molecular formula is C10H13N3O2. The Labute approximate surface area is 88.0 Å². The molecule has 15 heavy (non-hydrogen) atoms. The molecule has 0 radical (unpaired) electrons. The van der Waals surface area contributed by atoms with Crippen LogP contribution in [-0.4, -0.2) is 17.2 Å². The average Bonchev–Trinajstić information content (AvgIpc) is 2.17. The molecule has 0 spiro atoms. The van der Waals surface area contributed by atoms with Crippen molar-refractivity contribution in [3.63, 3.8) is 0 Å². The number of benzene rings is 1. The van der Waals surface area contributed by atoms with Gasteiger partial charge < -0.3 is 5.43 Å². The molecule has 0 aliphatic carbocycles. The number of nitrogens with one attached hydrogen (secondary N) is 1. The van der Waals surface area contributed by atoms with Crippen molar-refractivity contribution in [3.05, 3.63) is 39.9 Å². The van der Waals surface area contributed by atoms with Crippen molar-refractivity contribution < 1.29 is 4.92 Å². The highest BCUT2D eigenvalue weighted by molar-refractivity contribution is 5.80. The molecule has 0 unspecified atom stereocenters. The molecule has 1 aromatic rings. The summed E-state index contributed by atoms with van der Waals surface area (Å²) >= 11 is 0. The van der Waals surface area contributed by atoms with E-state index < -0.39 is 4.92 Å². The van der Waals surface area contributed by atoms with Gasteiger partial charge in [-0.3, -0.25) is 10.1 Å². The molecule has 5 nitrogen and oxygen atoms in total. The Kier molecular flexibility index (Phi) is 3.79. The van der Waals surface area contributed by atoms with Crippen LogP contribution in [0.3, 0.4) is 0 Å². The maximum absolute atomic E-state index is 10.5. The molecule has 1 aromatic carbocycles. The Morgan fingerprint density at radius 2 is 2.27 bits per heavy atom. The lowest BCUT2D eigenvalue weighted by molar-refractivity contribution is -0.384. The summed E-state index contributed by atoms with van der Waals surface area (Å²) in [4.78, 5) is 10.1. The minimum Gasteiger partial charge on any atom is -0.308 e. The van der Waals surface area contributed by atoms with E-state index in [1.54, 1.807) is 18.3 Å². The van der Waals surface area contributed by atoms with Crippen molar-refractivity contribution in [2.45, 2.75) is 19.9 Å². The van der Waals surface area contributed by atoms with Crippen LogP contribution in [0.25, 0.3) is 0 Å². The summed E-state index contributed by atoms with van der Waals surface area (Å²) in [6.45, 7) is 3.93. The first-order valence-electron chi connectivity index (χ1n) is 4.62. The summed E-state index contributed by atoms with van der Waals surface area (Å²) in [5.74, 6) is 0. The largest absolute Gasteiger partial charge is 0.308 e. The van der Waals surface area contributed by atoms with E-state index in [-0.39, 0.29) is 11.7 Å². The van der Waals surface area contributed by atoms with Crippen molar-refractivity contribution in [1.29, 1.82) is 0 Å². The van der Waals surface area contributed by atoms with Gasteiger partial charge in [0, 0.05) is 23.7 Å². The van der Waals surface area contributed by atoms with Gasteiger partial charge in [0.05, 0.1) is 11.1 Å². The van der Waals surface area contributed by atoms with Crippen LogP contribution in [0.15, 0.2) is 29.4 Å². The summed E-state index contributed by atoms with van der Waals surface area (Å²) < 4.78 is 0. The van der Waals surface area contributed by atoms with Gasteiger partial charge >= 0.3 is 0 Å². The van der Waals surface area contributed by atoms with Gasteiger partial charge in [0.15, 0.2) is 0 Å². The molecule has 0 aliphatic heterocycles. The van der Waals surface area contributed by atoms with Crippen LogP contribution in [0.4, 0.5) is 5.69 Å². The number of nitro groups is 1. The minimum atomic E-state index is -0.423. The van der Waals surface area contributed by atoms with Crippen LogP contribution in [0.2, 0.25) is 0 Å². The lowest BCUT2D eigenvalue weighted by atomic mass is 10.2. The molecule has 0 saturated heterocycles. The van der Waals surface area contributed by atoms with Gasteiger partial charge in [0.25, 0.3) is 5.69 Å². The smallest absolute Gasteiger partial charge is 0.270 e. The maximum atomic E-state index is 10.5. The van der Waals surface area contributed by atoms with Gasteiger partial charge in [0.2, 0.25) is 0 Å². The fourth-order valence-electron chi connectivity index (χ4n) is 0.980. The second-order valence-electron chi connectivity index (χ2n) is 3.39. The predicted octanol–water partition coefficient (Wildman–Crippen LogP) is 1.93. The SMILES string of the molecule is CC(C)N/N=C\c1cccc([N+](=O)[O-])c1. The van der Waals surface area contributed by atoms with Crippen molar-refractivity contribution >= 4 is 11.9 Å². The van der Waals surface area contributed by atoms with Gasteiger partial charge in [-0.1, -0.05) is 12.1 Å². The summed E-state index contributed by atoms with van der Waals surface area (Å²) in [5.41, 5.74) is 3.62. The highest BCUT2D eigenvalue weighted by Crippen LogP contribution is 2.11. The monoisotopic (exact) mass is 207 g/mol. The Balaban J connectivity index is 2.73. The highest BCUT2D eigenvalue weighted by atomic mass is 16.6. The Morgan fingerprint density at radius 1 is 1.53 bits per heavy atom. The third-order valence-electron chi connectivity index (χ3n) is 1.63. The van der Waals surface area contributed by atoms with Gasteiger partial charge in [-0.05, 0) is 13.8 Å². The molecule has 0 heterocycles. The molecule has 5 heteroatoms. The third-order valence-corrected chi connectivity index (χ3v) is 1.63. The number of hydrogen-bond donors (Lipinski definition) is 1. The Morgan fingerprint density at radius 3 is 2.87 bits per heavy atom. The number of non-ortho nitro benzene ring substituents is 1. The zero-order valence-electron chi connectivity index (χ0n) is 8.68. The minimum absolute atomic E-state index is 0.0727. The number of nitro benzene ring substituents is 1. The van der Waals surface area contributed by atoms with E-state index in [1.807, 2.05) is 13.8 Å². The van der Waals surface area contributed by atoms with Crippen molar-refractivity contribution in [2.24, 2.45) is 5.10 Å². The molecule has 0 fully saturated rings. The van der Waals surface area contributed by atoms with Gasteiger partial charge in [-0.15, -0.1) is 0 Å². The molecule has 0 aromatic heterocycles. The third kappa shape index (κ3) is 3.76. The van der Waals surface area contributed by atoms with E-state index in [0.29, 0.717) is 5.56 Å². The summed E-state index contributed by atoms with van der Waals surface area (Å²) in [6, 6.07) is 6.58. The molecule has 0 saturated carbocycles. The van der Waals surface area contributed by atoms with E-state index in [9.17, 15) is 10.1 Å².